The van der Waals surface area contributed by atoms with Crippen LogP contribution in [0, 0.1) is 0 Å². The molecular weight excluding hydrogens is 340 g/mol. The van der Waals surface area contributed by atoms with Crippen molar-refractivity contribution in [2.45, 2.75) is 0 Å². The molecule has 2 amide bonds. The summed E-state index contributed by atoms with van der Waals surface area (Å²) in [5.74, 6) is -0.192. The van der Waals surface area contributed by atoms with E-state index in [0.29, 0.717) is 31.9 Å². The van der Waals surface area contributed by atoms with Crippen molar-refractivity contribution >= 4 is 11.8 Å². The van der Waals surface area contributed by atoms with Crippen molar-refractivity contribution in [2.24, 2.45) is 0 Å². The number of carbonyl (C=O) groups excluding carboxylic acids is 2. The normalized spacial score (nSPS) is 14.5. The molecule has 0 saturated carbocycles. The molecule has 0 spiro atoms. The molecule has 1 aliphatic rings. The number of hydrogen-bond acceptors (Lipinski definition) is 8. The zero-order chi connectivity index (χ0) is 17.9. The Balaban J connectivity index is 1.40. The van der Waals surface area contributed by atoms with Crippen LogP contribution in [0.1, 0.15) is 21.2 Å². The largest absolute Gasteiger partial charge is 0.459 e. The van der Waals surface area contributed by atoms with E-state index in [4.69, 9.17) is 8.94 Å². The molecule has 0 aliphatic carbocycles. The Labute approximate surface area is 147 Å². The molecule has 10 heteroatoms. The Morgan fingerprint density at radius 2 is 1.81 bits per heavy atom. The van der Waals surface area contributed by atoms with E-state index in [1.54, 1.807) is 21.9 Å². The van der Waals surface area contributed by atoms with Gasteiger partial charge in [0, 0.05) is 38.6 Å². The summed E-state index contributed by atoms with van der Waals surface area (Å²) in [6, 6.07) is 3.28. The SMILES string of the molecule is O=C(c1ccco1)N1CCN(C(=O)c2nc(-c3cnccn3)no2)CC1. The zero-order valence-corrected chi connectivity index (χ0v) is 13.6. The van der Waals surface area contributed by atoms with E-state index in [2.05, 4.69) is 20.1 Å². The Morgan fingerprint density at radius 1 is 1.04 bits per heavy atom. The highest BCUT2D eigenvalue weighted by molar-refractivity contribution is 5.92. The van der Waals surface area contributed by atoms with Gasteiger partial charge in [-0.15, -0.1) is 0 Å². The van der Waals surface area contributed by atoms with Crippen molar-refractivity contribution < 1.29 is 18.5 Å². The predicted octanol–water partition coefficient (Wildman–Crippen LogP) is 0.718. The molecule has 3 aromatic rings. The van der Waals surface area contributed by atoms with Gasteiger partial charge >= 0.3 is 11.8 Å². The summed E-state index contributed by atoms with van der Waals surface area (Å²) >= 11 is 0. The minimum absolute atomic E-state index is 0.114. The van der Waals surface area contributed by atoms with Crippen LogP contribution in [0.3, 0.4) is 0 Å². The lowest BCUT2D eigenvalue weighted by atomic mass is 10.2. The van der Waals surface area contributed by atoms with Gasteiger partial charge in [0.1, 0.15) is 5.69 Å². The van der Waals surface area contributed by atoms with Gasteiger partial charge in [0.05, 0.1) is 12.5 Å². The van der Waals surface area contributed by atoms with Gasteiger partial charge in [-0.2, -0.15) is 4.98 Å². The molecule has 1 saturated heterocycles. The summed E-state index contributed by atoms with van der Waals surface area (Å²) in [7, 11) is 0. The first-order valence-electron chi connectivity index (χ1n) is 7.94. The lowest BCUT2D eigenvalue weighted by Gasteiger charge is -2.33. The molecule has 132 valence electrons. The molecule has 10 nitrogen and oxygen atoms in total. The highest BCUT2D eigenvalue weighted by Crippen LogP contribution is 2.14. The first kappa shape index (κ1) is 15.9. The maximum Gasteiger partial charge on any atom is 0.316 e. The Kier molecular flexibility index (Phi) is 4.14. The molecule has 0 radical (unpaired) electrons. The fraction of sp³-hybridized carbons (Fsp3) is 0.250. The fourth-order valence-electron chi connectivity index (χ4n) is 2.63. The molecule has 1 aliphatic heterocycles. The smallest absolute Gasteiger partial charge is 0.316 e. The van der Waals surface area contributed by atoms with E-state index in [9.17, 15) is 9.59 Å². The molecule has 0 N–H and O–H groups in total. The van der Waals surface area contributed by atoms with Crippen LogP contribution in [-0.4, -0.2) is 67.9 Å². The van der Waals surface area contributed by atoms with Crippen molar-refractivity contribution in [1.29, 1.82) is 0 Å². The third-order valence-electron chi connectivity index (χ3n) is 3.99. The van der Waals surface area contributed by atoms with Gasteiger partial charge in [0.15, 0.2) is 5.76 Å². The topological polar surface area (TPSA) is 118 Å². The van der Waals surface area contributed by atoms with Crippen molar-refractivity contribution in [3.8, 4) is 11.5 Å². The van der Waals surface area contributed by atoms with Crippen LogP contribution in [0.4, 0.5) is 0 Å². The van der Waals surface area contributed by atoms with Crippen LogP contribution in [0.2, 0.25) is 0 Å². The minimum atomic E-state index is -0.377. The standard InChI is InChI=1S/C16H14N6O4/c23-15(12-2-1-9-25-12)21-5-7-22(8-6-21)16(24)14-19-13(20-26-14)11-10-17-3-4-18-11/h1-4,9-10H,5-8H2. The lowest BCUT2D eigenvalue weighted by molar-refractivity contribution is 0.0493. The Morgan fingerprint density at radius 3 is 2.46 bits per heavy atom. The summed E-state index contributed by atoms with van der Waals surface area (Å²) in [4.78, 5) is 40.0. The summed E-state index contributed by atoms with van der Waals surface area (Å²) < 4.78 is 10.2. The van der Waals surface area contributed by atoms with Crippen LogP contribution in [0.5, 0.6) is 0 Å². The van der Waals surface area contributed by atoms with E-state index >= 15 is 0 Å². The second-order valence-electron chi connectivity index (χ2n) is 5.58. The molecule has 0 bridgehead atoms. The van der Waals surface area contributed by atoms with Crippen molar-refractivity contribution in [2.75, 3.05) is 26.2 Å². The van der Waals surface area contributed by atoms with Crippen molar-refractivity contribution in [3.63, 3.8) is 0 Å². The van der Waals surface area contributed by atoms with Gasteiger partial charge < -0.3 is 18.7 Å². The third-order valence-corrected chi connectivity index (χ3v) is 3.99. The molecule has 0 unspecified atom stereocenters. The second kappa shape index (κ2) is 6.75. The average molecular weight is 354 g/mol. The first-order chi connectivity index (χ1) is 12.7. The number of hydrogen-bond donors (Lipinski definition) is 0. The molecule has 4 heterocycles. The van der Waals surface area contributed by atoms with Gasteiger partial charge in [0.25, 0.3) is 5.91 Å². The monoisotopic (exact) mass is 354 g/mol. The lowest BCUT2D eigenvalue weighted by Crippen LogP contribution is -2.50. The third kappa shape index (κ3) is 3.04. The van der Waals surface area contributed by atoms with Crippen LogP contribution >= 0.6 is 0 Å². The Bertz CT molecular complexity index is 900. The zero-order valence-electron chi connectivity index (χ0n) is 13.6. The van der Waals surface area contributed by atoms with Gasteiger partial charge in [0.2, 0.25) is 5.82 Å². The van der Waals surface area contributed by atoms with E-state index in [1.165, 1.54) is 24.9 Å². The number of amides is 2. The van der Waals surface area contributed by atoms with E-state index in [0.717, 1.165) is 0 Å². The molecule has 0 aromatic carbocycles. The highest BCUT2D eigenvalue weighted by Gasteiger charge is 2.29. The number of furan rings is 1. The van der Waals surface area contributed by atoms with E-state index < -0.39 is 0 Å². The van der Waals surface area contributed by atoms with Gasteiger partial charge in [-0.3, -0.25) is 14.6 Å². The predicted molar refractivity (Wildman–Crippen MR) is 85.8 cm³/mol. The summed E-state index contributed by atoms with van der Waals surface area (Å²) in [5, 5.41) is 3.77. The molecule has 4 rings (SSSR count). The highest BCUT2D eigenvalue weighted by atomic mass is 16.5. The molecule has 26 heavy (non-hydrogen) atoms. The summed E-state index contributed by atoms with van der Waals surface area (Å²) in [6.07, 6.45) is 5.97. The summed E-state index contributed by atoms with van der Waals surface area (Å²) in [5.41, 5.74) is 0.421. The van der Waals surface area contributed by atoms with Crippen LogP contribution in [0.15, 0.2) is 45.9 Å². The van der Waals surface area contributed by atoms with E-state index in [-0.39, 0.29) is 29.3 Å². The minimum Gasteiger partial charge on any atom is -0.459 e. The van der Waals surface area contributed by atoms with E-state index in [1.807, 2.05) is 0 Å². The number of aromatic nitrogens is 4. The molecular formula is C16H14N6O4. The molecule has 3 aromatic heterocycles. The van der Waals surface area contributed by atoms with Gasteiger partial charge in [-0.1, -0.05) is 5.16 Å². The summed E-state index contributed by atoms with van der Waals surface area (Å²) in [6.45, 7) is 1.54. The maximum atomic E-state index is 12.5. The molecule has 0 atom stereocenters. The van der Waals surface area contributed by atoms with Crippen LogP contribution in [0.25, 0.3) is 11.5 Å². The van der Waals surface area contributed by atoms with Crippen LogP contribution < -0.4 is 0 Å². The molecule has 1 fully saturated rings. The van der Waals surface area contributed by atoms with Crippen LogP contribution in [-0.2, 0) is 0 Å². The number of nitrogens with zero attached hydrogens (tertiary/aromatic N) is 6. The Hall–Kier alpha value is -3.56. The van der Waals surface area contributed by atoms with Crippen molar-refractivity contribution in [1.82, 2.24) is 29.9 Å². The number of carbonyl (C=O) groups is 2. The van der Waals surface area contributed by atoms with Crippen molar-refractivity contribution in [3.05, 3.63) is 48.6 Å². The number of piperazine rings is 1. The fourth-order valence-corrected chi connectivity index (χ4v) is 2.63. The van der Waals surface area contributed by atoms with Gasteiger partial charge in [-0.25, -0.2) is 4.98 Å². The van der Waals surface area contributed by atoms with Gasteiger partial charge in [-0.05, 0) is 12.1 Å². The average Bonchev–Trinajstić information content (AvgIpc) is 3.40. The first-order valence-corrected chi connectivity index (χ1v) is 7.94. The second-order valence-corrected chi connectivity index (χ2v) is 5.58. The maximum absolute atomic E-state index is 12.5. The number of rotatable bonds is 3. The quantitative estimate of drug-likeness (QED) is 0.675.